The molecule has 11 heteroatoms. The molecule has 2 aliphatic rings. The molecule has 1 fully saturated rings. The Labute approximate surface area is 202 Å². The smallest absolute Gasteiger partial charge is 0.229 e. The van der Waals surface area contributed by atoms with E-state index in [4.69, 9.17) is 21.3 Å². The van der Waals surface area contributed by atoms with Crippen LogP contribution in [0.25, 0.3) is 11.4 Å². The van der Waals surface area contributed by atoms with E-state index >= 15 is 0 Å². The average Bonchev–Trinajstić information content (AvgIpc) is 3.44. The van der Waals surface area contributed by atoms with Crippen molar-refractivity contribution in [3.63, 3.8) is 0 Å². The third kappa shape index (κ3) is 3.96. The minimum absolute atomic E-state index is 0.0489. The number of fused-ring (bicyclic) bond motifs is 1. The number of methoxy groups -OCH3 is 1. The molecule has 0 radical (unpaired) electrons. The fraction of sp³-hybridized carbons (Fsp3) is 0.478. The lowest BCUT2D eigenvalue weighted by atomic mass is 9.86. The van der Waals surface area contributed by atoms with Gasteiger partial charge in [-0.2, -0.15) is 4.80 Å². The predicted octanol–water partition coefficient (Wildman–Crippen LogP) is 2.77. The molecule has 3 aromatic heterocycles. The highest BCUT2D eigenvalue weighted by atomic mass is 35.5. The van der Waals surface area contributed by atoms with Crippen LogP contribution in [-0.4, -0.2) is 66.7 Å². The highest BCUT2D eigenvalue weighted by Crippen LogP contribution is 2.39. The number of carbonyl (C=O) groups excluding carboxylic acids is 1. The Kier molecular flexibility index (Phi) is 5.63. The van der Waals surface area contributed by atoms with E-state index in [0.29, 0.717) is 29.8 Å². The number of pyridine rings is 2. The van der Waals surface area contributed by atoms with E-state index in [2.05, 4.69) is 31.8 Å². The third-order valence-corrected chi connectivity index (χ3v) is 7.18. The van der Waals surface area contributed by atoms with Crippen molar-refractivity contribution < 1.29 is 9.53 Å². The molecular formula is C23H27ClN8O2. The van der Waals surface area contributed by atoms with Crippen LogP contribution in [0.1, 0.15) is 42.5 Å². The number of nitrogens with zero attached hydrogens (tertiary/aromatic N) is 7. The van der Waals surface area contributed by atoms with Crippen LogP contribution in [0.4, 0.5) is 5.82 Å². The van der Waals surface area contributed by atoms with Crippen molar-refractivity contribution in [1.29, 1.82) is 0 Å². The number of nitrogens with one attached hydrogen (secondary N) is 1. The summed E-state index contributed by atoms with van der Waals surface area (Å²) in [5, 5.41) is 16.5. The Morgan fingerprint density at radius 1 is 1.32 bits per heavy atom. The molecule has 2 atom stereocenters. The van der Waals surface area contributed by atoms with Crippen molar-refractivity contribution in [2.45, 2.75) is 44.6 Å². The molecule has 10 nitrogen and oxygen atoms in total. The van der Waals surface area contributed by atoms with Crippen molar-refractivity contribution in [2.75, 3.05) is 25.5 Å². The average molecular weight is 483 g/mol. The SMILES string of the molecule is COc1cc([C@@H](C)C(=O)N2CC[C@]3(CCc4cc(-c5nnn(C)n5)c(C)nc4N3)C2)c(Cl)cn1. The molecule has 5 rings (SSSR count). The van der Waals surface area contributed by atoms with Crippen LogP contribution in [-0.2, 0) is 18.3 Å². The predicted molar refractivity (Wildman–Crippen MR) is 127 cm³/mol. The van der Waals surface area contributed by atoms with Gasteiger partial charge in [-0.1, -0.05) is 11.6 Å². The van der Waals surface area contributed by atoms with Crippen LogP contribution in [0.15, 0.2) is 18.3 Å². The molecule has 1 N–H and O–H groups in total. The van der Waals surface area contributed by atoms with Gasteiger partial charge >= 0.3 is 0 Å². The Balaban J connectivity index is 1.33. The number of carbonyl (C=O) groups is 1. The number of hydrogen-bond donors (Lipinski definition) is 1. The van der Waals surface area contributed by atoms with Crippen LogP contribution >= 0.6 is 11.6 Å². The number of halogens is 1. The minimum atomic E-state index is -0.391. The molecule has 3 aromatic rings. The summed E-state index contributed by atoms with van der Waals surface area (Å²) in [6.07, 6.45) is 4.18. The summed E-state index contributed by atoms with van der Waals surface area (Å²) in [5.41, 5.74) is 3.41. The maximum atomic E-state index is 13.4. The van der Waals surface area contributed by atoms with E-state index in [-0.39, 0.29) is 11.4 Å². The van der Waals surface area contributed by atoms with E-state index in [9.17, 15) is 4.79 Å². The summed E-state index contributed by atoms with van der Waals surface area (Å²) in [5.74, 6) is 1.56. The zero-order valence-electron chi connectivity index (χ0n) is 19.7. The Hall–Kier alpha value is -3.27. The van der Waals surface area contributed by atoms with Gasteiger partial charge in [-0.25, -0.2) is 9.97 Å². The van der Waals surface area contributed by atoms with Gasteiger partial charge in [0.1, 0.15) is 5.82 Å². The van der Waals surface area contributed by atoms with Gasteiger partial charge in [-0.05, 0) is 55.5 Å². The van der Waals surface area contributed by atoms with Crippen LogP contribution in [0, 0.1) is 6.92 Å². The van der Waals surface area contributed by atoms with Gasteiger partial charge in [0.05, 0.1) is 36.3 Å². The number of aromatic nitrogens is 6. The summed E-state index contributed by atoms with van der Waals surface area (Å²) < 4.78 is 5.21. The molecule has 0 bridgehead atoms. The molecule has 0 unspecified atom stereocenters. The molecular weight excluding hydrogens is 456 g/mol. The van der Waals surface area contributed by atoms with Gasteiger partial charge < -0.3 is 15.0 Å². The Morgan fingerprint density at radius 2 is 2.15 bits per heavy atom. The molecule has 1 saturated heterocycles. The first kappa shape index (κ1) is 22.5. The lowest BCUT2D eigenvalue weighted by Crippen LogP contribution is -2.46. The first-order valence-electron chi connectivity index (χ1n) is 11.3. The van der Waals surface area contributed by atoms with Gasteiger partial charge in [0.2, 0.25) is 17.6 Å². The van der Waals surface area contributed by atoms with Crippen molar-refractivity contribution in [2.24, 2.45) is 7.05 Å². The van der Waals surface area contributed by atoms with Gasteiger partial charge in [0.25, 0.3) is 0 Å². The fourth-order valence-electron chi connectivity index (χ4n) is 4.90. The number of tetrazole rings is 1. The lowest BCUT2D eigenvalue weighted by Gasteiger charge is -2.36. The van der Waals surface area contributed by atoms with Crippen molar-refractivity contribution in [3.05, 3.63) is 40.2 Å². The summed E-state index contributed by atoms with van der Waals surface area (Å²) in [6.45, 7) is 5.15. The number of anilines is 1. The maximum absolute atomic E-state index is 13.4. The third-order valence-electron chi connectivity index (χ3n) is 6.87. The van der Waals surface area contributed by atoms with Crippen molar-refractivity contribution in [3.8, 4) is 17.3 Å². The molecule has 34 heavy (non-hydrogen) atoms. The maximum Gasteiger partial charge on any atom is 0.229 e. The number of likely N-dealkylation sites (tertiary alicyclic amines) is 1. The quantitative estimate of drug-likeness (QED) is 0.604. The molecule has 0 aliphatic carbocycles. The molecule has 178 valence electrons. The second kappa shape index (κ2) is 8.50. The number of amides is 1. The first-order chi connectivity index (χ1) is 16.3. The number of aryl methyl sites for hydroxylation is 3. The highest BCUT2D eigenvalue weighted by molar-refractivity contribution is 6.31. The second-order valence-electron chi connectivity index (χ2n) is 9.12. The fourth-order valence-corrected chi connectivity index (χ4v) is 5.17. The van der Waals surface area contributed by atoms with E-state index in [1.54, 1.807) is 20.2 Å². The topological polar surface area (TPSA) is 111 Å². The first-order valence-corrected chi connectivity index (χ1v) is 11.7. The molecule has 1 amide bonds. The van der Waals surface area contributed by atoms with Crippen LogP contribution in [0.5, 0.6) is 5.88 Å². The zero-order chi connectivity index (χ0) is 24.0. The molecule has 0 saturated carbocycles. The van der Waals surface area contributed by atoms with Crippen molar-refractivity contribution in [1.82, 2.24) is 35.1 Å². The van der Waals surface area contributed by atoms with E-state index in [1.165, 1.54) is 11.0 Å². The standard InChI is InChI=1S/C23H27ClN8O2/c1-13(16-10-19(34-4)25-11-18(16)24)22(33)32-8-7-23(12-32)6-5-15-9-17(14(2)26-20(15)27-23)21-28-30-31(3)29-21/h9-11,13H,5-8,12H2,1-4H3,(H,26,27)/t13-,23-/m1/s1. The van der Waals surface area contributed by atoms with Gasteiger partial charge in [-0.3, -0.25) is 4.79 Å². The Morgan fingerprint density at radius 3 is 2.88 bits per heavy atom. The largest absolute Gasteiger partial charge is 0.481 e. The number of rotatable bonds is 4. The summed E-state index contributed by atoms with van der Waals surface area (Å²) in [7, 11) is 3.29. The summed E-state index contributed by atoms with van der Waals surface area (Å²) >= 11 is 6.35. The monoisotopic (exact) mass is 482 g/mol. The van der Waals surface area contributed by atoms with Crippen LogP contribution < -0.4 is 10.1 Å². The van der Waals surface area contributed by atoms with Crippen LogP contribution in [0.2, 0.25) is 5.02 Å². The number of ether oxygens (including phenoxy) is 1. The number of hydrogen-bond acceptors (Lipinski definition) is 8. The molecule has 0 aromatic carbocycles. The molecule has 5 heterocycles. The molecule has 1 spiro atoms. The van der Waals surface area contributed by atoms with E-state index < -0.39 is 5.92 Å². The van der Waals surface area contributed by atoms with Gasteiger partial charge in [0, 0.05) is 30.9 Å². The summed E-state index contributed by atoms with van der Waals surface area (Å²) in [4.78, 5) is 25.7. The lowest BCUT2D eigenvalue weighted by molar-refractivity contribution is -0.131. The minimum Gasteiger partial charge on any atom is -0.481 e. The van der Waals surface area contributed by atoms with Crippen LogP contribution in [0.3, 0.4) is 0 Å². The molecule has 2 aliphatic heterocycles. The normalized spacial score (nSPS) is 20.2. The van der Waals surface area contributed by atoms with E-state index in [0.717, 1.165) is 47.5 Å². The second-order valence-corrected chi connectivity index (χ2v) is 9.52. The van der Waals surface area contributed by atoms with Crippen molar-refractivity contribution >= 4 is 23.3 Å². The van der Waals surface area contributed by atoms with Gasteiger partial charge in [-0.15, -0.1) is 10.2 Å². The highest BCUT2D eigenvalue weighted by Gasteiger charge is 2.43. The summed E-state index contributed by atoms with van der Waals surface area (Å²) in [6, 6.07) is 3.84. The van der Waals surface area contributed by atoms with E-state index in [1.807, 2.05) is 18.7 Å². The Bertz CT molecular complexity index is 1260. The zero-order valence-corrected chi connectivity index (χ0v) is 20.4. The van der Waals surface area contributed by atoms with Gasteiger partial charge in [0.15, 0.2) is 0 Å².